The molecule has 20 heavy (non-hydrogen) atoms. The molecule has 6 heteroatoms. The smallest absolute Gasteiger partial charge is 0.327 e. The van der Waals surface area contributed by atoms with Gasteiger partial charge in [-0.15, -0.1) is 12.3 Å². The average molecular weight is 281 g/mol. The zero-order valence-corrected chi connectivity index (χ0v) is 11.9. The molecule has 3 N–H and O–H groups in total. The molecule has 6 nitrogen and oxygen atoms in total. The molecule has 0 aromatic heterocycles. The van der Waals surface area contributed by atoms with Gasteiger partial charge in [0.2, 0.25) is 0 Å². The van der Waals surface area contributed by atoms with E-state index in [1.807, 2.05) is 0 Å². The van der Waals surface area contributed by atoms with Crippen molar-refractivity contribution in [1.82, 2.24) is 15.5 Å². The van der Waals surface area contributed by atoms with Gasteiger partial charge >= 0.3 is 12.0 Å². The summed E-state index contributed by atoms with van der Waals surface area (Å²) in [5.41, 5.74) is 0. The monoisotopic (exact) mass is 281 g/mol. The first-order chi connectivity index (χ1) is 9.52. The fraction of sp³-hybridized carbons (Fsp3) is 0.714. The lowest BCUT2D eigenvalue weighted by atomic mass is 9.94. The van der Waals surface area contributed by atoms with Gasteiger partial charge < -0.3 is 20.6 Å². The summed E-state index contributed by atoms with van der Waals surface area (Å²) in [7, 11) is 2.11. The van der Waals surface area contributed by atoms with Crippen molar-refractivity contribution in [3.63, 3.8) is 0 Å². The standard InChI is InChI=1S/C14H23N3O3/c1-3-4-12(13(18)19)16-14(20)15-8-5-11-6-9-17(2)10-7-11/h1,11-12H,4-10H2,2H3,(H,18,19)(H2,15,16,20). The maximum absolute atomic E-state index is 11.6. The highest BCUT2D eigenvalue weighted by Gasteiger charge is 2.19. The number of aliphatic carboxylic acids is 1. The third-order valence-electron chi connectivity index (χ3n) is 3.60. The van der Waals surface area contributed by atoms with Crippen molar-refractivity contribution in [3.05, 3.63) is 0 Å². The summed E-state index contributed by atoms with van der Waals surface area (Å²) in [5.74, 6) is 1.75. The van der Waals surface area contributed by atoms with Gasteiger partial charge in [-0.1, -0.05) is 0 Å². The van der Waals surface area contributed by atoms with E-state index in [9.17, 15) is 9.59 Å². The number of piperidine rings is 1. The molecule has 1 aliphatic heterocycles. The normalized spacial score (nSPS) is 18.0. The molecule has 112 valence electrons. The van der Waals surface area contributed by atoms with Crippen molar-refractivity contribution in [3.8, 4) is 12.3 Å². The highest BCUT2D eigenvalue weighted by molar-refractivity contribution is 5.82. The summed E-state index contributed by atoms with van der Waals surface area (Å²) in [6.07, 6.45) is 8.27. The summed E-state index contributed by atoms with van der Waals surface area (Å²) < 4.78 is 0. The Morgan fingerprint density at radius 2 is 2.10 bits per heavy atom. The minimum absolute atomic E-state index is 0.0162. The number of hydrogen-bond acceptors (Lipinski definition) is 3. The Labute approximate surface area is 119 Å². The second-order valence-electron chi connectivity index (χ2n) is 5.23. The molecule has 1 fully saturated rings. The average Bonchev–Trinajstić information content (AvgIpc) is 2.40. The van der Waals surface area contributed by atoms with E-state index < -0.39 is 18.0 Å². The van der Waals surface area contributed by atoms with Crippen LogP contribution in [0.15, 0.2) is 0 Å². The molecule has 0 aliphatic carbocycles. The van der Waals surface area contributed by atoms with Crippen LogP contribution in [0.2, 0.25) is 0 Å². The summed E-state index contributed by atoms with van der Waals surface area (Å²) in [5, 5.41) is 13.9. The van der Waals surface area contributed by atoms with E-state index in [-0.39, 0.29) is 6.42 Å². The van der Waals surface area contributed by atoms with Crippen LogP contribution >= 0.6 is 0 Å². The molecule has 1 saturated heterocycles. The minimum Gasteiger partial charge on any atom is -0.480 e. The van der Waals surface area contributed by atoms with Crippen LogP contribution in [0.4, 0.5) is 4.79 Å². The van der Waals surface area contributed by atoms with Crippen LogP contribution in [0.1, 0.15) is 25.7 Å². The molecule has 0 radical (unpaired) electrons. The number of urea groups is 1. The molecule has 2 amide bonds. The van der Waals surface area contributed by atoms with Gasteiger partial charge in [0, 0.05) is 13.0 Å². The molecule has 0 aromatic rings. The summed E-state index contributed by atoms with van der Waals surface area (Å²) in [4.78, 5) is 24.7. The van der Waals surface area contributed by atoms with Crippen LogP contribution in [0.25, 0.3) is 0 Å². The van der Waals surface area contributed by atoms with E-state index in [0.29, 0.717) is 12.5 Å². The van der Waals surface area contributed by atoms with Crippen LogP contribution in [0.5, 0.6) is 0 Å². The zero-order chi connectivity index (χ0) is 15.0. The van der Waals surface area contributed by atoms with Crippen LogP contribution in [0.3, 0.4) is 0 Å². The topological polar surface area (TPSA) is 81.7 Å². The van der Waals surface area contributed by atoms with Crippen molar-refractivity contribution < 1.29 is 14.7 Å². The predicted octanol–water partition coefficient (Wildman–Crippen LogP) is 0.494. The summed E-state index contributed by atoms with van der Waals surface area (Å²) in [6, 6.07) is -1.50. The van der Waals surface area contributed by atoms with E-state index in [1.54, 1.807) is 0 Å². The SMILES string of the molecule is C#CCC(NC(=O)NCCC1CCN(C)CC1)C(=O)O. The van der Waals surface area contributed by atoms with Crippen LogP contribution in [-0.2, 0) is 4.79 Å². The lowest BCUT2D eigenvalue weighted by Gasteiger charge is -2.28. The van der Waals surface area contributed by atoms with Crippen LogP contribution in [-0.4, -0.2) is 54.7 Å². The van der Waals surface area contributed by atoms with Crippen molar-refractivity contribution in [2.75, 3.05) is 26.7 Å². The third kappa shape index (κ3) is 5.93. The fourth-order valence-corrected chi connectivity index (χ4v) is 2.27. The minimum atomic E-state index is -1.12. The predicted molar refractivity (Wildman–Crippen MR) is 76.2 cm³/mol. The number of carbonyl (C=O) groups excluding carboxylic acids is 1. The summed E-state index contributed by atoms with van der Waals surface area (Å²) >= 11 is 0. The van der Waals surface area contributed by atoms with Crippen molar-refractivity contribution in [1.29, 1.82) is 0 Å². The van der Waals surface area contributed by atoms with E-state index in [1.165, 1.54) is 0 Å². The lowest BCUT2D eigenvalue weighted by molar-refractivity contribution is -0.139. The van der Waals surface area contributed by atoms with Gasteiger partial charge in [0.05, 0.1) is 0 Å². The highest BCUT2D eigenvalue weighted by Crippen LogP contribution is 2.18. The summed E-state index contributed by atoms with van der Waals surface area (Å²) in [6.45, 7) is 2.75. The highest BCUT2D eigenvalue weighted by atomic mass is 16.4. The Morgan fingerprint density at radius 1 is 1.45 bits per heavy atom. The van der Waals surface area contributed by atoms with Crippen molar-refractivity contribution in [2.24, 2.45) is 5.92 Å². The van der Waals surface area contributed by atoms with Gasteiger partial charge in [-0.25, -0.2) is 9.59 Å². The van der Waals surface area contributed by atoms with Crippen molar-refractivity contribution in [2.45, 2.75) is 31.7 Å². The van der Waals surface area contributed by atoms with Crippen LogP contribution in [0, 0.1) is 18.3 Å². The first kappa shape index (κ1) is 16.3. The quantitative estimate of drug-likeness (QED) is 0.619. The van der Waals surface area contributed by atoms with Crippen LogP contribution < -0.4 is 10.6 Å². The molecule has 0 saturated carbocycles. The molecular weight excluding hydrogens is 258 g/mol. The maximum Gasteiger partial charge on any atom is 0.327 e. The number of amides is 2. The number of nitrogens with one attached hydrogen (secondary N) is 2. The molecule has 1 rings (SSSR count). The van der Waals surface area contributed by atoms with Gasteiger partial charge in [0.25, 0.3) is 0 Å². The number of hydrogen-bond donors (Lipinski definition) is 3. The van der Waals surface area contributed by atoms with E-state index >= 15 is 0 Å². The first-order valence-corrected chi connectivity index (χ1v) is 6.92. The van der Waals surface area contributed by atoms with Gasteiger partial charge in [-0.2, -0.15) is 0 Å². The van der Waals surface area contributed by atoms with Gasteiger partial charge in [-0.3, -0.25) is 0 Å². The second-order valence-corrected chi connectivity index (χ2v) is 5.23. The molecule has 0 bridgehead atoms. The number of nitrogens with zero attached hydrogens (tertiary/aromatic N) is 1. The van der Waals surface area contributed by atoms with Gasteiger partial charge in [0.1, 0.15) is 6.04 Å². The Hall–Kier alpha value is -1.74. The van der Waals surface area contributed by atoms with E-state index in [4.69, 9.17) is 11.5 Å². The Kier molecular flexibility index (Phi) is 6.88. The Morgan fingerprint density at radius 3 is 2.65 bits per heavy atom. The Balaban J connectivity index is 2.19. The third-order valence-corrected chi connectivity index (χ3v) is 3.60. The fourth-order valence-electron chi connectivity index (χ4n) is 2.27. The number of rotatable bonds is 6. The maximum atomic E-state index is 11.6. The van der Waals surface area contributed by atoms with Gasteiger partial charge in [-0.05, 0) is 45.3 Å². The Bertz CT molecular complexity index is 370. The molecule has 1 heterocycles. The largest absolute Gasteiger partial charge is 0.480 e. The zero-order valence-electron chi connectivity index (χ0n) is 11.9. The lowest BCUT2D eigenvalue weighted by Crippen LogP contribution is -2.46. The number of carbonyl (C=O) groups is 2. The number of likely N-dealkylation sites (tertiary alicyclic amines) is 1. The molecule has 1 aliphatic rings. The number of terminal acetylenes is 1. The van der Waals surface area contributed by atoms with Crippen molar-refractivity contribution >= 4 is 12.0 Å². The molecule has 1 unspecified atom stereocenters. The van der Waals surface area contributed by atoms with Gasteiger partial charge in [0.15, 0.2) is 0 Å². The molecule has 1 atom stereocenters. The number of carboxylic acids is 1. The molecule has 0 aromatic carbocycles. The van der Waals surface area contributed by atoms with E-state index in [0.717, 1.165) is 32.4 Å². The molecular formula is C14H23N3O3. The van der Waals surface area contributed by atoms with E-state index in [2.05, 4.69) is 28.5 Å². The second kappa shape index (κ2) is 8.43. The first-order valence-electron chi connectivity index (χ1n) is 6.92. The molecule has 0 spiro atoms. The number of carboxylic acid groups (broad SMARTS) is 1.